The molecule has 4 rings (SSSR count). The van der Waals surface area contributed by atoms with Gasteiger partial charge in [-0.1, -0.05) is 0 Å². The molecule has 1 amide bonds. The van der Waals surface area contributed by atoms with Gasteiger partial charge >= 0.3 is 12.1 Å². The number of hydrogen-bond acceptors (Lipinski definition) is 3. The minimum atomic E-state index is -4.55. The molecule has 1 aromatic rings. The van der Waals surface area contributed by atoms with Crippen molar-refractivity contribution in [3.05, 3.63) is 17.5 Å². The molecule has 0 spiro atoms. The standard InChI is InChI=1S/C16H20F3N3O3/c1-21-11(5-13(20-21)16(17,18)19)6-14(23)22-7-9-2-3-10(8-22)12(4-9)15(24)25/h5,9-10,12H,2-4,6-8H2,1H3,(H,24,25). The Labute approximate surface area is 142 Å². The largest absolute Gasteiger partial charge is 0.481 e. The number of fused-ring (bicyclic) bond motifs is 4. The smallest absolute Gasteiger partial charge is 0.435 e. The normalized spacial score (nSPS) is 26.6. The van der Waals surface area contributed by atoms with Crippen molar-refractivity contribution in [3.63, 3.8) is 0 Å². The van der Waals surface area contributed by atoms with E-state index in [-0.39, 0.29) is 29.9 Å². The lowest BCUT2D eigenvalue weighted by Crippen LogP contribution is -2.37. The first-order valence-corrected chi connectivity index (χ1v) is 8.26. The van der Waals surface area contributed by atoms with Crippen molar-refractivity contribution in [2.75, 3.05) is 13.1 Å². The van der Waals surface area contributed by atoms with Crippen LogP contribution in [0.25, 0.3) is 0 Å². The van der Waals surface area contributed by atoms with E-state index in [2.05, 4.69) is 5.10 Å². The van der Waals surface area contributed by atoms with Crippen LogP contribution in [0, 0.1) is 17.8 Å². The summed E-state index contributed by atoms with van der Waals surface area (Å²) in [5.41, 5.74) is -0.816. The Morgan fingerprint density at radius 2 is 2.04 bits per heavy atom. The van der Waals surface area contributed by atoms with E-state index >= 15 is 0 Å². The predicted octanol–water partition coefficient (Wildman–Crippen LogP) is 1.94. The Morgan fingerprint density at radius 3 is 2.64 bits per heavy atom. The molecule has 0 radical (unpaired) electrons. The molecule has 1 aliphatic carbocycles. The number of nitrogens with zero attached hydrogens (tertiary/aromatic N) is 3. The number of alkyl halides is 3. The molecule has 3 aliphatic rings. The summed E-state index contributed by atoms with van der Waals surface area (Å²) in [6.07, 6.45) is -2.49. The first-order chi connectivity index (χ1) is 11.6. The van der Waals surface area contributed by atoms with Crippen LogP contribution in [-0.2, 0) is 29.2 Å². The average molecular weight is 359 g/mol. The van der Waals surface area contributed by atoms with E-state index in [0.29, 0.717) is 19.5 Å². The van der Waals surface area contributed by atoms with Gasteiger partial charge in [0.05, 0.1) is 12.3 Å². The molecule has 9 heteroatoms. The van der Waals surface area contributed by atoms with Gasteiger partial charge in [-0.2, -0.15) is 18.3 Å². The third-order valence-corrected chi connectivity index (χ3v) is 5.30. The van der Waals surface area contributed by atoms with Gasteiger partial charge < -0.3 is 10.0 Å². The zero-order valence-corrected chi connectivity index (χ0v) is 13.8. The van der Waals surface area contributed by atoms with Crippen LogP contribution in [0.5, 0.6) is 0 Å². The number of aliphatic carboxylic acids is 1. The highest BCUT2D eigenvalue weighted by atomic mass is 19.4. The maximum absolute atomic E-state index is 12.7. The maximum Gasteiger partial charge on any atom is 0.435 e. The summed E-state index contributed by atoms with van der Waals surface area (Å²) in [5.74, 6) is -1.49. The number of carbonyl (C=O) groups is 2. The fraction of sp³-hybridized carbons (Fsp3) is 0.688. The van der Waals surface area contributed by atoms with Crippen molar-refractivity contribution >= 4 is 11.9 Å². The molecule has 1 aromatic heterocycles. The molecule has 25 heavy (non-hydrogen) atoms. The number of carboxylic acids is 1. The van der Waals surface area contributed by atoms with Gasteiger partial charge in [0.2, 0.25) is 5.91 Å². The monoisotopic (exact) mass is 359 g/mol. The number of carbonyl (C=O) groups excluding carboxylic acids is 1. The molecule has 1 N–H and O–H groups in total. The number of carboxylic acid groups (broad SMARTS) is 1. The molecular weight excluding hydrogens is 339 g/mol. The van der Waals surface area contributed by atoms with E-state index in [1.54, 1.807) is 4.90 Å². The van der Waals surface area contributed by atoms with Crippen LogP contribution >= 0.6 is 0 Å². The molecule has 138 valence electrons. The summed E-state index contributed by atoms with van der Waals surface area (Å²) < 4.78 is 39.3. The van der Waals surface area contributed by atoms with Crippen molar-refractivity contribution < 1.29 is 27.9 Å². The quantitative estimate of drug-likeness (QED) is 0.895. The summed E-state index contributed by atoms with van der Waals surface area (Å²) in [5, 5.41) is 12.8. The zero-order chi connectivity index (χ0) is 18.4. The first kappa shape index (κ1) is 17.8. The number of halogens is 3. The fourth-order valence-corrected chi connectivity index (χ4v) is 3.96. The lowest BCUT2D eigenvalue weighted by atomic mass is 9.76. The average Bonchev–Trinajstić information content (AvgIpc) is 2.72. The molecule has 3 heterocycles. The van der Waals surface area contributed by atoms with Crippen molar-refractivity contribution in [2.24, 2.45) is 24.8 Å². The summed E-state index contributed by atoms with van der Waals surface area (Å²) in [6.45, 7) is 0.833. The Kier molecular flexibility index (Phi) is 4.51. The minimum absolute atomic E-state index is 0.0857. The summed E-state index contributed by atoms with van der Waals surface area (Å²) in [7, 11) is 1.38. The van der Waals surface area contributed by atoms with Crippen LogP contribution in [0.3, 0.4) is 0 Å². The van der Waals surface area contributed by atoms with Gasteiger partial charge in [0, 0.05) is 25.8 Å². The molecule has 3 fully saturated rings. The van der Waals surface area contributed by atoms with E-state index in [1.165, 1.54) is 7.05 Å². The summed E-state index contributed by atoms with van der Waals surface area (Å²) in [6, 6.07) is 0.893. The van der Waals surface area contributed by atoms with Crippen LogP contribution in [0.2, 0.25) is 0 Å². The van der Waals surface area contributed by atoms with Crippen molar-refractivity contribution in [1.82, 2.24) is 14.7 Å². The Bertz CT molecular complexity index is 686. The second-order valence-corrected chi connectivity index (χ2v) is 7.00. The lowest BCUT2D eigenvalue weighted by Gasteiger charge is -2.28. The van der Waals surface area contributed by atoms with Crippen LogP contribution in [0.15, 0.2) is 6.07 Å². The van der Waals surface area contributed by atoms with Gasteiger partial charge in [-0.05, 0) is 37.2 Å². The second-order valence-electron chi connectivity index (χ2n) is 7.00. The Morgan fingerprint density at radius 1 is 1.32 bits per heavy atom. The molecule has 6 nitrogen and oxygen atoms in total. The number of hydrogen-bond donors (Lipinski definition) is 1. The maximum atomic E-state index is 12.7. The second kappa shape index (κ2) is 6.34. The number of rotatable bonds is 3. The van der Waals surface area contributed by atoms with E-state index in [4.69, 9.17) is 0 Å². The highest BCUT2D eigenvalue weighted by molar-refractivity contribution is 5.79. The van der Waals surface area contributed by atoms with Crippen molar-refractivity contribution in [1.29, 1.82) is 0 Å². The topological polar surface area (TPSA) is 75.4 Å². The van der Waals surface area contributed by atoms with Gasteiger partial charge in [0.15, 0.2) is 5.69 Å². The predicted molar refractivity (Wildman–Crippen MR) is 80.5 cm³/mol. The van der Waals surface area contributed by atoms with Gasteiger partial charge in [-0.15, -0.1) is 0 Å². The van der Waals surface area contributed by atoms with Gasteiger partial charge in [0.1, 0.15) is 0 Å². The van der Waals surface area contributed by atoms with E-state index in [0.717, 1.165) is 23.6 Å². The first-order valence-electron chi connectivity index (χ1n) is 8.26. The summed E-state index contributed by atoms with van der Waals surface area (Å²) in [4.78, 5) is 25.6. The van der Waals surface area contributed by atoms with E-state index < -0.39 is 23.8 Å². The van der Waals surface area contributed by atoms with Crippen molar-refractivity contribution in [2.45, 2.75) is 31.9 Å². The minimum Gasteiger partial charge on any atom is -0.481 e. The zero-order valence-electron chi connectivity index (χ0n) is 13.8. The summed E-state index contributed by atoms with van der Waals surface area (Å²) >= 11 is 0. The van der Waals surface area contributed by atoms with Gasteiger partial charge in [0.25, 0.3) is 0 Å². The molecular formula is C16H20F3N3O3. The highest BCUT2D eigenvalue weighted by Gasteiger charge is 2.41. The fourth-order valence-electron chi connectivity index (χ4n) is 3.96. The SMILES string of the molecule is Cn1nc(C(F)(F)F)cc1CC(=O)N1CC2CCC(C1)C(C(=O)O)C2. The molecule has 3 unspecified atom stereocenters. The van der Waals surface area contributed by atoms with E-state index in [1.807, 2.05) is 0 Å². The molecule has 3 atom stereocenters. The molecule has 2 bridgehead atoms. The number of amides is 1. The lowest BCUT2D eigenvalue weighted by molar-refractivity contribution is -0.145. The Hall–Kier alpha value is -2.06. The Balaban J connectivity index is 1.72. The molecule has 2 aliphatic heterocycles. The molecule has 1 saturated carbocycles. The van der Waals surface area contributed by atoms with Gasteiger partial charge in [-0.25, -0.2) is 0 Å². The number of aryl methyl sites for hydroxylation is 1. The van der Waals surface area contributed by atoms with Gasteiger partial charge in [-0.3, -0.25) is 14.3 Å². The third kappa shape index (κ3) is 3.64. The van der Waals surface area contributed by atoms with Crippen LogP contribution in [0.4, 0.5) is 13.2 Å². The molecule has 0 aromatic carbocycles. The third-order valence-electron chi connectivity index (χ3n) is 5.30. The highest BCUT2D eigenvalue weighted by Crippen LogP contribution is 2.38. The van der Waals surface area contributed by atoms with Crippen LogP contribution in [-0.4, -0.2) is 44.8 Å². The van der Waals surface area contributed by atoms with Crippen molar-refractivity contribution in [3.8, 4) is 0 Å². The van der Waals surface area contributed by atoms with Crippen LogP contribution in [0.1, 0.15) is 30.7 Å². The molecule has 2 saturated heterocycles. The number of aromatic nitrogens is 2. The van der Waals surface area contributed by atoms with E-state index in [9.17, 15) is 27.9 Å². The van der Waals surface area contributed by atoms with Crippen LogP contribution < -0.4 is 0 Å².